The lowest BCUT2D eigenvalue weighted by Crippen LogP contribution is -2.30. The van der Waals surface area contributed by atoms with Gasteiger partial charge in [-0.2, -0.15) is 9.41 Å². The van der Waals surface area contributed by atoms with Crippen LogP contribution in [0.4, 0.5) is 0 Å². The number of hydrazone groups is 1. The molecule has 1 aromatic heterocycles. The van der Waals surface area contributed by atoms with Crippen molar-refractivity contribution in [2.24, 2.45) is 5.10 Å². The van der Waals surface area contributed by atoms with Crippen molar-refractivity contribution < 1.29 is 17.6 Å². The second-order valence-corrected chi connectivity index (χ2v) is 10.9. The van der Waals surface area contributed by atoms with Crippen LogP contribution in [0.25, 0.3) is 0 Å². The Morgan fingerprint density at radius 2 is 1.38 bits per heavy atom. The van der Waals surface area contributed by atoms with Gasteiger partial charge in [0.15, 0.2) is 0 Å². The molecule has 0 aliphatic heterocycles. The van der Waals surface area contributed by atoms with Crippen LogP contribution in [0.5, 0.6) is 0 Å². The van der Waals surface area contributed by atoms with Crippen molar-refractivity contribution in [3.05, 3.63) is 124 Å². The van der Waals surface area contributed by atoms with E-state index in [-0.39, 0.29) is 23.9 Å². The monoisotopic (exact) mass is 515 g/mol. The number of amides is 1. The standard InChI is InChI=1S/C29H29N3O4S/c1-21-4-10-24(11-5-21)19-32(37(34,35)28-16-8-23(3)9-17-28)20-27-15-14-26(36-27)18-30-31-29(33)25-12-6-22(2)7-13-25/h4-18H,19-20H2,1-3H3,(H,31,33)/b30-18-. The maximum atomic E-state index is 13.5. The summed E-state index contributed by atoms with van der Waals surface area (Å²) in [5.41, 5.74) is 6.97. The highest BCUT2D eigenvalue weighted by atomic mass is 32.2. The molecule has 0 bridgehead atoms. The summed E-state index contributed by atoms with van der Waals surface area (Å²) < 4.78 is 34.3. The van der Waals surface area contributed by atoms with E-state index in [1.54, 1.807) is 48.5 Å². The first-order valence-electron chi connectivity index (χ1n) is 11.8. The van der Waals surface area contributed by atoms with Crippen LogP contribution in [0.2, 0.25) is 0 Å². The van der Waals surface area contributed by atoms with Crippen LogP contribution in [-0.4, -0.2) is 24.8 Å². The SMILES string of the molecule is Cc1ccc(CN(Cc2ccc(/C=N\NC(=O)c3ccc(C)cc3)o2)S(=O)(=O)c2ccc(C)cc2)cc1. The molecule has 8 heteroatoms. The Kier molecular flexibility index (Phi) is 8.01. The maximum Gasteiger partial charge on any atom is 0.271 e. The molecular formula is C29H29N3O4S. The fourth-order valence-corrected chi connectivity index (χ4v) is 5.02. The molecule has 0 fully saturated rings. The predicted octanol–water partition coefficient (Wildman–Crippen LogP) is 5.36. The summed E-state index contributed by atoms with van der Waals surface area (Å²) in [5, 5.41) is 3.96. The molecule has 0 aliphatic rings. The molecule has 0 saturated heterocycles. The Bertz CT molecular complexity index is 1490. The van der Waals surface area contributed by atoms with Gasteiger partial charge in [0.05, 0.1) is 17.7 Å². The number of hydrogen-bond donors (Lipinski definition) is 1. The Balaban J connectivity index is 1.50. The van der Waals surface area contributed by atoms with Gasteiger partial charge in [-0.25, -0.2) is 13.8 Å². The molecule has 1 heterocycles. The Labute approximate surface area is 217 Å². The summed E-state index contributed by atoms with van der Waals surface area (Å²) in [7, 11) is -3.79. The van der Waals surface area contributed by atoms with Crippen LogP contribution < -0.4 is 5.43 Å². The van der Waals surface area contributed by atoms with E-state index in [4.69, 9.17) is 4.42 Å². The molecular weight excluding hydrogens is 486 g/mol. The van der Waals surface area contributed by atoms with Crippen molar-refractivity contribution in [1.82, 2.24) is 9.73 Å². The lowest BCUT2D eigenvalue weighted by Gasteiger charge is -2.21. The second kappa shape index (κ2) is 11.4. The molecule has 37 heavy (non-hydrogen) atoms. The first-order valence-corrected chi connectivity index (χ1v) is 13.3. The second-order valence-electron chi connectivity index (χ2n) is 8.94. The van der Waals surface area contributed by atoms with Crippen LogP contribution in [-0.2, 0) is 23.1 Å². The zero-order chi connectivity index (χ0) is 26.4. The van der Waals surface area contributed by atoms with E-state index in [1.807, 2.05) is 57.2 Å². The summed E-state index contributed by atoms with van der Waals surface area (Å²) in [6.07, 6.45) is 1.38. The van der Waals surface area contributed by atoms with E-state index in [9.17, 15) is 13.2 Å². The zero-order valence-corrected chi connectivity index (χ0v) is 21.8. The van der Waals surface area contributed by atoms with Gasteiger partial charge in [-0.05, 0) is 62.7 Å². The van der Waals surface area contributed by atoms with E-state index in [0.29, 0.717) is 17.1 Å². The minimum absolute atomic E-state index is 0.0354. The molecule has 0 unspecified atom stereocenters. The summed E-state index contributed by atoms with van der Waals surface area (Å²) in [5.74, 6) is 0.507. The molecule has 0 spiro atoms. The number of aryl methyl sites for hydroxylation is 3. The summed E-state index contributed by atoms with van der Waals surface area (Å²) in [6.45, 7) is 6.07. The van der Waals surface area contributed by atoms with Crippen molar-refractivity contribution in [1.29, 1.82) is 0 Å². The summed E-state index contributed by atoms with van der Waals surface area (Å²) in [4.78, 5) is 12.4. The van der Waals surface area contributed by atoms with E-state index >= 15 is 0 Å². The maximum absolute atomic E-state index is 13.5. The highest BCUT2D eigenvalue weighted by Gasteiger charge is 2.26. The topological polar surface area (TPSA) is 92.0 Å². The van der Waals surface area contributed by atoms with Crippen LogP contribution in [0.3, 0.4) is 0 Å². The van der Waals surface area contributed by atoms with Gasteiger partial charge < -0.3 is 4.42 Å². The fourth-order valence-electron chi connectivity index (χ4n) is 3.63. The lowest BCUT2D eigenvalue weighted by molar-refractivity contribution is 0.0955. The van der Waals surface area contributed by atoms with Crippen molar-refractivity contribution in [2.75, 3.05) is 0 Å². The number of nitrogens with one attached hydrogen (secondary N) is 1. The van der Waals surface area contributed by atoms with Gasteiger partial charge in [0.2, 0.25) is 10.0 Å². The molecule has 0 radical (unpaired) electrons. The number of carbonyl (C=O) groups excluding carboxylic acids is 1. The number of nitrogens with zero attached hydrogens (tertiary/aromatic N) is 2. The van der Waals surface area contributed by atoms with E-state index in [2.05, 4.69) is 10.5 Å². The normalized spacial score (nSPS) is 11.8. The molecule has 4 aromatic rings. The van der Waals surface area contributed by atoms with Gasteiger partial charge in [-0.1, -0.05) is 65.2 Å². The summed E-state index contributed by atoms with van der Waals surface area (Å²) in [6, 6.07) is 25.1. The average Bonchev–Trinajstić information content (AvgIpc) is 3.32. The first kappa shape index (κ1) is 26.1. The van der Waals surface area contributed by atoms with Gasteiger partial charge in [0, 0.05) is 12.1 Å². The molecule has 3 aromatic carbocycles. The van der Waals surface area contributed by atoms with Crippen LogP contribution >= 0.6 is 0 Å². The smallest absolute Gasteiger partial charge is 0.271 e. The summed E-state index contributed by atoms with van der Waals surface area (Å²) >= 11 is 0. The minimum Gasteiger partial charge on any atom is -0.459 e. The van der Waals surface area contributed by atoms with E-state index < -0.39 is 10.0 Å². The quantitative estimate of drug-likeness (QED) is 0.240. The lowest BCUT2D eigenvalue weighted by atomic mass is 10.1. The average molecular weight is 516 g/mol. The number of sulfonamides is 1. The zero-order valence-electron chi connectivity index (χ0n) is 21.0. The van der Waals surface area contributed by atoms with Crippen LogP contribution in [0, 0.1) is 20.8 Å². The van der Waals surface area contributed by atoms with Gasteiger partial charge in [0.1, 0.15) is 11.5 Å². The third-order valence-corrected chi connectivity index (χ3v) is 7.63. The Hall–Kier alpha value is -4.01. The molecule has 0 aliphatic carbocycles. The van der Waals surface area contributed by atoms with Gasteiger partial charge in [-0.15, -0.1) is 0 Å². The highest BCUT2D eigenvalue weighted by molar-refractivity contribution is 7.89. The van der Waals surface area contributed by atoms with E-state index in [0.717, 1.165) is 22.3 Å². The van der Waals surface area contributed by atoms with Crippen molar-refractivity contribution in [2.45, 2.75) is 38.8 Å². The van der Waals surface area contributed by atoms with Crippen molar-refractivity contribution in [3.63, 3.8) is 0 Å². The molecule has 4 rings (SSSR count). The largest absolute Gasteiger partial charge is 0.459 e. The van der Waals surface area contributed by atoms with Gasteiger partial charge in [-0.3, -0.25) is 4.79 Å². The van der Waals surface area contributed by atoms with Crippen LogP contribution in [0.15, 0.2) is 99.3 Å². The first-order chi connectivity index (χ1) is 17.7. The fraction of sp³-hybridized carbons (Fsp3) is 0.172. The molecule has 0 atom stereocenters. The molecule has 7 nitrogen and oxygen atoms in total. The molecule has 1 N–H and O–H groups in total. The molecule has 0 saturated carbocycles. The molecule has 1 amide bonds. The number of hydrogen-bond acceptors (Lipinski definition) is 5. The number of rotatable bonds is 9. The number of furan rings is 1. The Morgan fingerprint density at radius 3 is 2.00 bits per heavy atom. The highest BCUT2D eigenvalue weighted by Crippen LogP contribution is 2.22. The number of benzene rings is 3. The third-order valence-electron chi connectivity index (χ3n) is 5.82. The number of carbonyl (C=O) groups is 1. The van der Waals surface area contributed by atoms with Gasteiger partial charge in [0.25, 0.3) is 5.91 Å². The van der Waals surface area contributed by atoms with Gasteiger partial charge >= 0.3 is 0 Å². The molecule has 190 valence electrons. The predicted molar refractivity (Wildman–Crippen MR) is 144 cm³/mol. The van der Waals surface area contributed by atoms with Crippen LogP contribution in [0.1, 0.15) is 44.1 Å². The van der Waals surface area contributed by atoms with Crippen molar-refractivity contribution in [3.8, 4) is 0 Å². The van der Waals surface area contributed by atoms with E-state index in [1.165, 1.54) is 10.5 Å². The Morgan fingerprint density at radius 1 is 0.811 bits per heavy atom. The third kappa shape index (κ3) is 6.81. The van der Waals surface area contributed by atoms with Crippen molar-refractivity contribution >= 4 is 22.1 Å². The minimum atomic E-state index is -3.79.